The van der Waals surface area contributed by atoms with E-state index in [4.69, 9.17) is 16.3 Å². The number of anilines is 1. The minimum absolute atomic E-state index is 0.0199. The molecule has 0 atom stereocenters. The molecular formula is C13H15ClN4O2S. The van der Waals surface area contributed by atoms with Crippen LogP contribution in [-0.2, 0) is 16.0 Å². The molecule has 1 aliphatic rings. The van der Waals surface area contributed by atoms with Crippen molar-refractivity contribution in [2.45, 2.75) is 6.42 Å². The van der Waals surface area contributed by atoms with Crippen molar-refractivity contribution in [2.75, 3.05) is 38.3 Å². The molecule has 21 heavy (non-hydrogen) atoms. The lowest BCUT2D eigenvalue weighted by atomic mass is 10.2. The number of aromatic nitrogens is 2. The van der Waals surface area contributed by atoms with Gasteiger partial charge in [0.2, 0.25) is 11.2 Å². The molecular weight excluding hydrogens is 312 g/mol. The monoisotopic (exact) mass is 326 g/mol. The first kappa shape index (κ1) is 14.5. The minimum Gasteiger partial charge on any atom is -0.378 e. The van der Waals surface area contributed by atoms with Crippen LogP contribution < -0.4 is 10.2 Å². The second kappa shape index (κ2) is 6.13. The SMILES string of the molecule is CNC(=O)Cc1cc2c(N3CCOCC3)nc(Cl)nc2s1. The van der Waals surface area contributed by atoms with Crippen LogP contribution in [0.1, 0.15) is 4.88 Å². The molecule has 1 amide bonds. The van der Waals surface area contributed by atoms with Crippen molar-refractivity contribution in [3.8, 4) is 0 Å². The summed E-state index contributed by atoms with van der Waals surface area (Å²) in [5, 5.41) is 3.81. The van der Waals surface area contributed by atoms with Gasteiger partial charge in [0.25, 0.3) is 0 Å². The molecule has 3 rings (SSSR count). The van der Waals surface area contributed by atoms with Crippen LogP contribution in [0.2, 0.25) is 5.28 Å². The molecule has 0 bridgehead atoms. The lowest BCUT2D eigenvalue weighted by Gasteiger charge is -2.28. The molecule has 0 radical (unpaired) electrons. The second-order valence-corrected chi connectivity index (χ2v) is 6.15. The zero-order valence-electron chi connectivity index (χ0n) is 11.6. The summed E-state index contributed by atoms with van der Waals surface area (Å²) in [5.41, 5.74) is 0. The Balaban J connectivity index is 2.00. The summed E-state index contributed by atoms with van der Waals surface area (Å²) < 4.78 is 5.37. The maximum absolute atomic E-state index is 11.5. The number of ether oxygens (including phenoxy) is 1. The number of rotatable bonds is 3. The molecule has 0 unspecified atom stereocenters. The van der Waals surface area contributed by atoms with Gasteiger partial charge in [-0.05, 0) is 17.7 Å². The molecule has 1 fully saturated rings. The summed E-state index contributed by atoms with van der Waals surface area (Å²) in [6, 6.07) is 1.98. The number of thiophene rings is 1. The van der Waals surface area contributed by atoms with E-state index in [2.05, 4.69) is 20.2 Å². The van der Waals surface area contributed by atoms with Crippen molar-refractivity contribution < 1.29 is 9.53 Å². The molecule has 6 nitrogen and oxygen atoms in total. The van der Waals surface area contributed by atoms with Crippen LogP contribution in [-0.4, -0.2) is 49.2 Å². The van der Waals surface area contributed by atoms with Crippen LogP contribution in [0.25, 0.3) is 10.2 Å². The molecule has 8 heteroatoms. The number of likely N-dealkylation sites (N-methyl/N-ethyl adjacent to an activating group) is 1. The maximum atomic E-state index is 11.5. The third kappa shape index (κ3) is 3.09. The smallest absolute Gasteiger partial charge is 0.225 e. The number of fused-ring (bicyclic) bond motifs is 1. The highest BCUT2D eigenvalue weighted by atomic mass is 35.5. The molecule has 1 N–H and O–H groups in total. The molecule has 0 aliphatic carbocycles. The highest BCUT2D eigenvalue weighted by Crippen LogP contribution is 2.32. The van der Waals surface area contributed by atoms with Gasteiger partial charge in [0.15, 0.2) is 0 Å². The van der Waals surface area contributed by atoms with Gasteiger partial charge in [0.05, 0.1) is 25.0 Å². The third-order valence-electron chi connectivity index (χ3n) is 3.32. The Labute approximate surface area is 131 Å². The number of amides is 1. The molecule has 2 aromatic heterocycles. The van der Waals surface area contributed by atoms with Crippen LogP contribution >= 0.6 is 22.9 Å². The van der Waals surface area contributed by atoms with Crippen molar-refractivity contribution in [3.63, 3.8) is 0 Å². The van der Waals surface area contributed by atoms with Gasteiger partial charge in [-0.15, -0.1) is 11.3 Å². The van der Waals surface area contributed by atoms with E-state index in [0.29, 0.717) is 19.6 Å². The minimum atomic E-state index is -0.0199. The summed E-state index contributed by atoms with van der Waals surface area (Å²) >= 11 is 7.51. The van der Waals surface area contributed by atoms with E-state index in [1.807, 2.05) is 6.07 Å². The van der Waals surface area contributed by atoms with Crippen molar-refractivity contribution in [3.05, 3.63) is 16.2 Å². The highest BCUT2D eigenvalue weighted by molar-refractivity contribution is 7.18. The van der Waals surface area contributed by atoms with E-state index in [0.717, 1.165) is 34.0 Å². The largest absolute Gasteiger partial charge is 0.378 e. The summed E-state index contributed by atoms with van der Waals surface area (Å²) in [5.74, 6) is 0.807. The first-order chi connectivity index (χ1) is 10.2. The number of nitrogens with zero attached hydrogens (tertiary/aromatic N) is 3. The third-order valence-corrected chi connectivity index (χ3v) is 4.52. The van der Waals surface area contributed by atoms with Crippen LogP contribution in [0.5, 0.6) is 0 Å². The number of hydrogen-bond acceptors (Lipinski definition) is 6. The molecule has 0 saturated carbocycles. The lowest BCUT2D eigenvalue weighted by molar-refractivity contribution is -0.119. The summed E-state index contributed by atoms with van der Waals surface area (Å²) in [7, 11) is 1.63. The molecule has 3 heterocycles. The van der Waals surface area contributed by atoms with Gasteiger partial charge in [0, 0.05) is 25.0 Å². The van der Waals surface area contributed by atoms with Gasteiger partial charge < -0.3 is 15.0 Å². The van der Waals surface area contributed by atoms with Gasteiger partial charge in [-0.1, -0.05) is 0 Å². The first-order valence-corrected chi connectivity index (χ1v) is 7.86. The van der Waals surface area contributed by atoms with Crippen molar-refractivity contribution in [1.82, 2.24) is 15.3 Å². The number of morpholine rings is 1. The van der Waals surface area contributed by atoms with Gasteiger partial charge in [0.1, 0.15) is 10.6 Å². The fourth-order valence-corrected chi connectivity index (χ4v) is 3.52. The highest BCUT2D eigenvalue weighted by Gasteiger charge is 2.19. The van der Waals surface area contributed by atoms with Crippen LogP contribution in [0.4, 0.5) is 5.82 Å². The van der Waals surface area contributed by atoms with Gasteiger partial charge in [-0.25, -0.2) is 4.98 Å². The van der Waals surface area contributed by atoms with Crippen LogP contribution in [0.3, 0.4) is 0 Å². The first-order valence-electron chi connectivity index (χ1n) is 6.66. The van der Waals surface area contributed by atoms with E-state index in [1.54, 1.807) is 7.05 Å². The Kier molecular flexibility index (Phi) is 4.23. The van der Waals surface area contributed by atoms with Crippen molar-refractivity contribution in [2.24, 2.45) is 0 Å². The molecule has 0 spiro atoms. The average molecular weight is 327 g/mol. The Hall–Kier alpha value is -1.44. The van der Waals surface area contributed by atoms with Crippen LogP contribution in [0, 0.1) is 0 Å². The predicted octanol–water partition coefficient (Wildman–Crippen LogP) is 1.47. The fourth-order valence-electron chi connectivity index (χ4n) is 2.28. The Morgan fingerprint density at radius 2 is 2.24 bits per heavy atom. The molecule has 0 aromatic carbocycles. The van der Waals surface area contributed by atoms with Gasteiger partial charge in [-0.2, -0.15) is 4.98 Å². The van der Waals surface area contributed by atoms with E-state index in [1.165, 1.54) is 11.3 Å². The number of carbonyl (C=O) groups is 1. The van der Waals surface area contributed by atoms with E-state index in [-0.39, 0.29) is 11.2 Å². The number of hydrogen-bond donors (Lipinski definition) is 1. The van der Waals surface area contributed by atoms with Crippen molar-refractivity contribution in [1.29, 1.82) is 0 Å². The van der Waals surface area contributed by atoms with Crippen LogP contribution in [0.15, 0.2) is 6.07 Å². The lowest BCUT2D eigenvalue weighted by Crippen LogP contribution is -2.36. The number of carbonyl (C=O) groups excluding carboxylic acids is 1. The normalized spacial score (nSPS) is 15.4. The number of nitrogens with one attached hydrogen (secondary N) is 1. The molecule has 1 saturated heterocycles. The Morgan fingerprint density at radius 1 is 1.48 bits per heavy atom. The summed E-state index contributed by atoms with van der Waals surface area (Å²) in [6.07, 6.45) is 0.345. The zero-order chi connectivity index (χ0) is 14.8. The summed E-state index contributed by atoms with van der Waals surface area (Å²) in [4.78, 5) is 24.1. The number of halogens is 1. The fraction of sp³-hybridized carbons (Fsp3) is 0.462. The zero-order valence-corrected chi connectivity index (χ0v) is 13.1. The predicted molar refractivity (Wildman–Crippen MR) is 83.2 cm³/mol. The van der Waals surface area contributed by atoms with E-state index >= 15 is 0 Å². The molecule has 2 aromatic rings. The quantitative estimate of drug-likeness (QED) is 0.865. The molecule has 112 valence electrons. The summed E-state index contributed by atoms with van der Waals surface area (Å²) in [6.45, 7) is 2.92. The Morgan fingerprint density at radius 3 is 2.95 bits per heavy atom. The van der Waals surface area contributed by atoms with Gasteiger partial charge in [-0.3, -0.25) is 4.79 Å². The van der Waals surface area contributed by atoms with E-state index < -0.39 is 0 Å². The topological polar surface area (TPSA) is 67.4 Å². The van der Waals surface area contributed by atoms with Crippen molar-refractivity contribution >= 4 is 44.9 Å². The van der Waals surface area contributed by atoms with Gasteiger partial charge >= 0.3 is 0 Å². The van der Waals surface area contributed by atoms with E-state index in [9.17, 15) is 4.79 Å². The average Bonchev–Trinajstić information content (AvgIpc) is 2.89. The second-order valence-electron chi connectivity index (χ2n) is 4.70. The maximum Gasteiger partial charge on any atom is 0.225 e. The molecule has 1 aliphatic heterocycles. The Bertz CT molecular complexity index is 669. The standard InChI is InChI=1S/C13H15ClN4O2S/c1-15-10(19)7-8-6-9-11(18-2-4-20-5-3-18)16-13(14)17-12(9)21-8/h6H,2-5,7H2,1H3,(H,15,19).